The van der Waals surface area contributed by atoms with E-state index in [1.807, 2.05) is 36.2 Å². The number of rotatable bonds is 6. The summed E-state index contributed by atoms with van der Waals surface area (Å²) in [6.07, 6.45) is 0.120. The lowest BCUT2D eigenvalue weighted by Gasteiger charge is -2.22. The summed E-state index contributed by atoms with van der Waals surface area (Å²) < 4.78 is 11.7. The Morgan fingerprint density at radius 3 is 2.69 bits per heavy atom. The van der Waals surface area contributed by atoms with Crippen LogP contribution in [0.4, 0.5) is 5.69 Å². The van der Waals surface area contributed by atoms with Gasteiger partial charge in [-0.1, -0.05) is 12.1 Å². The van der Waals surface area contributed by atoms with Crippen LogP contribution in [0.5, 0.6) is 11.5 Å². The van der Waals surface area contributed by atoms with E-state index >= 15 is 0 Å². The molecule has 29 heavy (non-hydrogen) atoms. The van der Waals surface area contributed by atoms with Crippen LogP contribution in [0.3, 0.4) is 0 Å². The van der Waals surface area contributed by atoms with Crippen molar-refractivity contribution >= 4 is 39.1 Å². The molecule has 4 rings (SSSR count). The van der Waals surface area contributed by atoms with Crippen LogP contribution in [0.15, 0.2) is 42.5 Å². The zero-order valence-electron chi connectivity index (χ0n) is 16.4. The molecule has 0 unspecified atom stereocenters. The second kappa shape index (κ2) is 7.81. The third kappa shape index (κ3) is 3.56. The monoisotopic (exact) mass is 411 g/mol. The number of nitrogens with zero attached hydrogens (tertiary/aromatic N) is 3. The van der Waals surface area contributed by atoms with Gasteiger partial charge in [0, 0.05) is 6.07 Å². The van der Waals surface area contributed by atoms with Gasteiger partial charge < -0.3 is 9.47 Å². The second-order valence-corrected chi connectivity index (χ2v) is 7.93. The quantitative estimate of drug-likeness (QED) is 0.581. The van der Waals surface area contributed by atoms with Crippen molar-refractivity contribution in [2.75, 3.05) is 26.2 Å². The van der Waals surface area contributed by atoms with Crippen molar-refractivity contribution < 1.29 is 19.1 Å². The molecular weight excluding hydrogens is 390 g/mol. The maximum absolute atomic E-state index is 13.1. The van der Waals surface area contributed by atoms with Crippen molar-refractivity contribution in [3.63, 3.8) is 0 Å². The molecule has 8 heteroatoms. The van der Waals surface area contributed by atoms with Crippen molar-refractivity contribution in [3.05, 3.63) is 47.5 Å². The normalized spacial score (nSPS) is 16.8. The molecule has 0 aliphatic carbocycles. The molecular formula is C21H21N3O4S. The number of carbonyl (C=O) groups excluding carboxylic acids is 2. The Balaban J connectivity index is 1.56. The minimum Gasteiger partial charge on any atom is -0.497 e. The molecule has 0 spiro atoms. The van der Waals surface area contributed by atoms with Gasteiger partial charge in [-0.15, -0.1) is 11.3 Å². The van der Waals surface area contributed by atoms with E-state index in [0.717, 1.165) is 15.2 Å². The molecule has 7 nitrogen and oxygen atoms in total. The summed E-state index contributed by atoms with van der Waals surface area (Å²) in [7, 11) is 4.89. The summed E-state index contributed by atoms with van der Waals surface area (Å²) in [6.45, 7) is 0.497. The van der Waals surface area contributed by atoms with Crippen LogP contribution >= 0.6 is 11.3 Å². The fourth-order valence-electron chi connectivity index (χ4n) is 3.49. The van der Waals surface area contributed by atoms with Gasteiger partial charge in [0.1, 0.15) is 16.5 Å². The predicted octanol–water partition coefficient (Wildman–Crippen LogP) is 3.08. The van der Waals surface area contributed by atoms with Gasteiger partial charge in [0.15, 0.2) is 0 Å². The zero-order chi connectivity index (χ0) is 20.5. The van der Waals surface area contributed by atoms with Gasteiger partial charge in [-0.2, -0.15) is 0 Å². The van der Waals surface area contributed by atoms with Gasteiger partial charge in [0.25, 0.3) is 5.91 Å². The Morgan fingerprint density at radius 2 is 1.97 bits per heavy atom. The highest BCUT2D eigenvalue weighted by Gasteiger charge is 2.42. The Labute approximate surface area is 172 Å². The fourth-order valence-corrected chi connectivity index (χ4v) is 4.53. The molecule has 0 N–H and O–H groups in total. The van der Waals surface area contributed by atoms with E-state index in [2.05, 4.69) is 4.98 Å². The number of amides is 2. The van der Waals surface area contributed by atoms with E-state index in [9.17, 15) is 9.59 Å². The highest BCUT2D eigenvalue weighted by Crippen LogP contribution is 2.36. The number of thiazole rings is 1. The van der Waals surface area contributed by atoms with E-state index in [1.54, 1.807) is 36.6 Å². The van der Waals surface area contributed by atoms with Crippen LogP contribution in [0.25, 0.3) is 10.2 Å². The predicted molar refractivity (Wildman–Crippen MR) is 112 cm³/mol. The second-order valence-electron chi connectivity index (χ2n) is 6.82. The maximum atomic E-state index is 13.1. The summed E-state index contributed by atoms with van der Waals surface area (Å²) in [4.78, 5) is 33.5. The molecule has 1 aliphatic heterocycles. The molecule has 1 atom stereocenters. The average Bonchev–Trinajstić information content (AvgIpc) is 3.27. The van der Waals surface area contributed by atoms with E-state index in [-0.39, 0.29) is 18.2 Å². The number of methoxy groups -OCH3 is 2. The van der Waals surface area contributed by atoms with E-state index in [0.29, 0.717) is 23.7 Å². The average molecular weight is 411 g/mol. The number of fused-ring (bicyclic) bond motifs is 1. The van der Waals surface area contributed by atoms with E-state index in [1.165, 1.54) is 12.0 Å². The fraction of sp³-hybridized carbons (Fsp3) is 0.286. The Hall–Kier alpha value is -2.97. The molecule has 0 bridgehead atoms. The lowest BCUT2D eigenvalue weighted by Crippen LogP contribution is -2.39. The third-order valence-corrected chi connectivity index (χ3v) is 6.03. The van der Waals surface area contributed by atoms with Crippen LogP contribution in [0, 0.1) is 0 Å². The highest BCUT2D eigenvalue weighted by atomic mass is 32.1. The highest BCUT2D eigenvalue weighted by molar-refractivity contribution is 7.18. The minimum atomic E-state index is -0.540. The number of benzene rings is 2. The van der Waals surface area contributed by atoms with Gasteiger partial charge in [0.05, 0.1) is 49.1 Å². The third-order valence-electron chi connectivity index (χ3n) is 5.01. The summed E-state index contributed by atoms with van der Waals surface area (Å²) >= 11 is 1.60. The first-order valence-corrected chi connectivity index (χ1v) is 9.97. The van der Waals surface area contributed by atoms with Crippen LogP contribution in [-0.4, -0.2) is 49.0 Å². The first-order chi connectivity index (χ1) is 14.0. The number of anilines is 1. The molecule has 3 aromatic rings. The summed E-state index contributed by atoms with van der Waals surface area (Å²) in [5.41, 5.74) is 1.37. The molecule has 1 aliphatic rings. The van der Waals surface area contributed by atoms with Crippen molar-refractivity contribution in [1.29, 1.82) is 0 Å². The lowest BCUT2D eigenvalue weighted by molar-refractivity contribution is -0.122. The van der Waals surface area contributed by atoms with Crippen LogP contribution in [-0.2, 0) is 16.1 Å². The molecule has 2 heterocycles. The van der Waals surface area contributed by atoms with Crippen LogP contribution in [0.2, 0.25) is 0 Å². The van der Waals surface area contributed by atoms with Crippen LogP contribution in [0.1, 0.15) is 11.4 Å². The largest absolute Gasteiger partial charge is 0.497 e. The molecule has 1 fully saturated rings. The number of carbonyl (C=O) groups is 2. The summed E-state index contributed by atoms with van der Waals surface area (Å²) in [6, 6.07) is 12.4. The van der Waals surface area contributed by atoms with Crippen molar-refractivity contribution in [1.82, 2.24) is 9.88 Å². The Kier molecular flexibility index (Phi) is 5.21. The molecule has 2 amide bonds. The molecule has 150 valence electrons. The van der Waals surface area contributed by atoms with E-state index in [4.69, 9.17) is 9.47 Å². The van der Waals surface area contributed by atoms with Gasteiger partial charge in [-0.05, 0) is 31.3 Å². The maximum Gasteiger partial charge on any atom is 0.251 e. The first-order valence-electron chi connectivity index (χ1n) is 9.15. The van der Waals surface area contributed by atoms with E-state index < -0.39 is 6.04 Å². The van der Waals surface area contributed by atoms with Gasteiger partial charge in [0.2, 0.25) is 5.91 Å². The Bertz CT molecular complexity index is 1050. The SMILES string of the molecule is COc1ccc(N2C(=O)C[C@@H](N(C)Cc3nc4ccccc4s3)C2=O)c(OC)c1. The van der Waals surface area contributed by atoms with Crippen molar-refractivity contribution in [2.24, 2.45) is 0 Å². The number of hydrogen-bond donors (Lipinski definition) is 0. The zero-order valence-corrected chi connectivity index (χ0v) is 17.2. The number of para-hydroxylation sites is 1. The number of ether oxygens (including phenoxy) is 2. The molecule has 2 aromatic carbocycles. The number of likely N-dealkylation sites (N-methyl/N-ethyl adjacent to an activating group) is 1. The smallest absolute Gasteiger partial charge is 0.251 e. The molecule has 1 aromatic heterocycles. The number of aromatic nitrogens is 1. The Morgan fingerprint density at radius 1 is 1.17 bits per heavy atom. The summed E-state index contributed by atoms with van der Waals surface area (Å²) in [5.74, 6) is 0.497. The minimum absolute atomic E-state index is 0.120. The standard InChI is InChI=1S/C21H21N3O4S/c1-23(12-19-22-14-6-4-5-7-18(14)29-19)16-11-20(25)24(21(16)26)15-9-8-13(27-2)10-17(15)28-3/h4-10,16H,11-12H2,1-3H3/t16-/m1/s1. The number of imide groups is 1. The van der Waals surface area contributed by atoms with Gasteiger partial charge >= 0.3 is 0 Å². The molecule has 1 saturated heterocycles. The van der Waals surface area contributed by atoms with Crippen molar-refractivity contribution in [3.8, 4) is 11.5 Å². The molecule has 0 radical (unpaired) electrons. The van der Waals surface area contributed by atoms with Gasteiger partial charge in [-0.3, -0.25) is 14.5 Å². The summed E-state index contributed by atoms with van der Waals surface area (Å²) in [5, 5.41) is 0.912. The number of hydrogen-bond acceptors (Lipinski definition) is 7. The topological polar surface area (TPSA) is 72.0 Å². The first kappa shape index (κ1) is 19.4. The molecule has 0 saturated carbocycles. The van der Waals surface area contributed by atoms with Crippen molar-refractivity contribution in [2.45, 2.75) is 19.0 Å². The van der Waals surface area contributed by atoms with Crippen LogP contribution < -0.4 is 14.4 Å². The van der Waals surface area contributed by atoms with Gasteiger partial charge in [-0.25, -0.2) is 9.88 Å². The lowest BCUT2D eigenvalue weighted by atomic mass is 10.2.